The number of aromatic amines is 1. The number of benzene rings is 1. The van der Waals surface area contributed by atoms with Crippen LogP contribution in [0.4, 0.5) is 23.1 Å². The molecular weight excluding hydrogens is 402 g/mol. The summed E-state index contributed by atoms with van der Waals surface area (Å²) >= 11 is 0. The van der Waals surface area contributed by atoms with Gasteiger partial charge in [-0.3, -0.25) is 9.82 Å². The van der Waals surface area contributed by atoms with Crippen molar-refractivity contribution in [1.29, 1.82) is 0 Å². The fourth-order valence-electron chi connectivity index (χ4n) is 3.21. The van der Waals surface area contributed by atoms with Crippen LogP contribution in [0.3, 0.4) is 0 Å². The Labute approximate surface area is 177 Å². The standard InChI is InChI=1S/C20H27N7O2S/c1-6-27(7-2)18-12-13(3)21-20(23-18)22-16-8-10-17(11-9-16)26-30(28,29)19-14(4)24-25-15(19)5/h8-12,26H,6-7H2,1-5H3,(H,24,25)(H,21,22,23). The number of rotatable bonds is 8. The average molecular weight is 430 g/mol. The number of H-pyrrole nitrogens is 1. The van der Waals surface area contributed by atoms with Crippen molar-refractivity contribution >= 4 is 33.2 Å². The maximum atomic E-state index is 12.7. The third kappa shape index (κ3) is 4.70. The van der Waals surface area contributed by atoms with Crippen molar-refractivity contribution in [2.75, 3.05) is 28.0 Å². The number of sulfonamides is 1. The molecule has 0 spiro atoms. The number of hydrogen-bond donors (Lipinski definition) is 3. The van der Waals surface area contributed by atoms with Crippen LogP contribution in [0.15, 0.2) is 35.2 Å². The van der Waals surface area contributed by atoms with E-state index in [2.05, 4.69) is 49.0 Å². The van der Waals surface area contributed by atoms with E-state index in [4.69, 9.17) is 0 Å². The minimum atomic E-state index is -3.72. The highest BCUT2D eigenvalue weighted by molar-refractivity contribution is 7.92. The summed E-state index contributed by atoms with van der Waals surface area (Å²) in [4.78, 5) is 11.4. The van der Waals surface area contributed by atoms with Crippen LogP contribution in [0.5, 0.6) is 0 Å². The molecule has 2 aromatic heterocycles. The van der Waals surface area contributed by atoms with Gasteiger partial charge in [-0.25, -0.2) is 13.4 Å². The van der Waals surface area contributed by atoms with E-state index in [1.54, 1.807) is 38.1 Å². The Hall–Kier alpha value is -3.14. The van der Waals surface area contributed by atoms with Crippen molar-refractivity contribution in [1.82, 2.24) is 20.2 Å². The van der Waals surface area contributed by atoms with E-state index >= 15 is 0 Å². The summed E-state index contributed by atoms with van der Waals surface area (Å²) in [7, 11) is -3.72. The first-order valence-electron chi connectivity index (χ1n) is 9.75. The van der Waals surface area contributed by atoms with Crippen molar-refractivity contribution < 1.29 is 8.42 Å². The van der Waals surface area contributed by atoms with Gasteiger partial charge in [-0.1, -0.05) is 0 Å². The second-order valence-corrected chi connectivity index (χ2v) is 8.55. The lowest BCUT2D eigenvalue weighted by atomic mass is 10.3. The first-order chi connectivity index (χ1) is 14.2. The van der Waals surface area contributed by atoms with Gasteiger partial charge in [0.1, 0.15) is 10.7 Å². The lowest BCUT2D eigenvalue weighted by Gasteiger charge is -2.20. The zero-order valence-corrected chi connectivity index (χ0v) is 18.6. The minimum Gasteiger partial charge on any atom is -0.357 e. The third-order valence-corrected chi connectivity index (χ3v) is 6.29. The van der Waals surface area contributed by atoms with Crippen LogP contribution in [-0.2, 0) is 10.0 Å². The predicted molar refractivity (Wildman–Crippen MR) is 119 cm³/mol. The minimum absolute atomic E-state index is 0.168. The van der Waals surface area contributed by atoms with Gasteiger partial charge in [0.05, 0.1) is 11.4 Å². The van der Waals surface area contributed by atoms with Crippen molar-refractivity contribution in [2.45, 2.75) is 39.5 Å². The average Bonchev–Trinajstić information content (AvgIpc) is 3.03. The quantitative estimate of drug-likeness (QED) is 0.502. The Kier molecular flexibility index (Phi) is 6.25. The van der Waals surface area contributed by atoms with Gasteiger partial charge in [0.2, 0.25) is 5.95 Å². The highest BCUT2D eigenvalue weighted by Gasteiger charge is 2.22. The molecule has 0 unspecified atom stereocenters. The van der Waals surface area contributed by atoms with Gasteiger partial charge in [-0.15, -0.1) is 0 Å². The number of nitrogens with one attached hydrogen (secondary N) is 3. The number of nitrogens with zero attached hydrogens (tertiary/aromatic N) is 4. The van der Waals surface area contributed by atoms with Gasteiger partial charge >= 0.3 is 0 Å². The molecule has 0 atom stereocenters. The Morgan fingerprint density at radius 1 is 1.00 bits per heavy atom. The van der Waals surface area contributed by atoms with Crippen molar-refractivity contribution in [3.8, 4) is 0 Å². The van der Waals surface area contributed by atoms with Crippen LogP contribution < -0.4 is 14.9 Å². The molecule has 0 aliphatic heterocycles. The third-order valence-electron chi connectivity index (χ3n) is 4.65. The molecular formula is C20H27N7O2S. The van der Waals surface area contributed by atoms with Crippen molar-refractivity contribution in [2.24, 2.45) is 0 Å². The highest BCUT2D eigenvalue weighted by Crippen LogP contribution is 2.23. The highest BCUT2D eigenvalue weighted by atomic mass is 32.2. The predicted octanol–water partition coefficient (Wildman–Crippen LogP) is 3.52. The lowest BCUT2D eigenvalue weighted by molar-refractivity contribution is 0.600. The first kappa shape index (κ1) is 21.6. The molecule has 3 N–H and O–H groups in total. The van der Waals surface area contributed by atoms with E-state index in [9.17, 15) is 8.42 Å². The van der Waals surface area contributed by atoms with E-state index < -0.39 is 10.0 Å². The Balaban J connectivity index is 1.77. The normalized spacial score (nSPS) is 11.4. The number of hydrogen-bond acceptors (Lipinski definition) is 7. The van der Waals surface area contributed by atoms with Crippen LogP contribution in [0.25, 0.3) is 0 Å². The molecule has 9 nitrogen and oxygen atoms in total. The fraction of sp³-hybridized carbons (Fsp3) is 0.350. The molecule has 0 aliphatic carbocycles. The zero-order valence-electron chi connectivity index (χ0n) is 17.8. The van der Waals surface area contributed by atoms with Crippen LogP contribution in [0, 0.1) is 20.8 Å². The molecule has 1 aromatic carbocycles. The molecule has 0 radical (unpaired) electrons. The molecule has 0 aliphatic rings. The van der Waals surface area contributed by atoms with E-state index in [0.717, 1.165) is 30.3 Å². The molecule has 0 saturated heterocycles. The van der Waals surface area contributed by atoms with E-state index in [1.807, 2.05) is 13.0 Å². The topological polar surface area (TPSA) is 116 Å². The monoisotopic (exact) mass is 429 g/mol. The van der Waals surface area contributed by atoms with Gasteiger partial charge in [0.25, 0.3) is 10.0 Å². The Bertz CT molecular complexity index is 1100. The van der Waals surface area contributed by atoms with Gasteiger partial charge in [-0.2, -0.15) is 10.1 Å². The van der Waals surface area contributed by atoms with Gasteiger partial charge in [0, 0.05) is 36.2 Å². The molecule has 0 fully saturated rings. The molecule has 0 bridgehead atoms. The number of anilines is 4. The molecule has 3 rings (SSSR count). The number of aromatic nitrogens is 4. The van der Waals surface area contributed by atoms with Crippen molar-refractivity contribution in [3.63, 3.8) is 0 Å². The second-order valence-electron chi connectivity index (χ2n) is 6.93. The van der Waals surface area contributed by atoms with E-state index in [1.165, 1.54) is 0 Å². The Morgan fingerprint density at radius 2 is 1.63 bits per heavy atom. The van der Waals surface area contributed by atoms with Crippen LogP contribution in [-0.4, -0.2) is 41.7 Å². The van der Waals surface area contributed by atoms with Crippen LogP contribution in [0.2, 0.25) is 0 Å². The molecule has 30 heavy (non-hydrogen) atoms. The molecule has 0 saturated carbocycles. The SMILES string of the molecule is CCN(CC)c1cc(C)nc(Nc2ccc(NS(=O)(=O)c3c(C)n[nH]c3C)cc2)n1. The smallest absolute Gasteiger partial charge is 0.265 e. The molecule has 2 heterocycles. The van der Waals surface area contributed by atoms with Gasteiger partial charge < -0.3 is 10.2 Å². The summed E-state index contributed by atoms with van der Waals surface area (Å²) in [5, 5.41) is 9.83. The summed E-state index contributed by atoms with van der Waals surface area (Å²) < 4.78 is 27.9. The molecule has 160 valence electrons. The summed E-state index contributed by atoms with van der Waals surface area (Å²) in [6.07, 6.45) is 0. The van der Waals surface area contributed by atoms with E-state index in [0.29, 0.717) is 23.0 Å². The lowest BCUT2D eigenvalue weighted by Crippen LogP contribution is -2.23. The second kappa shape index (κ2) is 8.70. The maximum Gasteiger partial charge on any atom is 0.265 e. The molecule has 0 amide bonds. The largest absolute Gasteiger partial charge is 0.357 e. The van der Waals surface area contributed by atoms with Crippen LogP contribution >= 0.6 is 0 Å². The maximum absolute atomic E-state index is 12.7. The summed E-state index contributed by atoms with van der Waals surface area (Å²) in [5.74, 6) is 1.36. The molecule has 3 aromatic rings. The zero-order chi connectivity index (χ0) is 21.9. The van der Waals surface area contributed by atoms with Gasteiger partial charge in [-0.05, 0) is 58.9 Å². The first-order valence-corrected chi connectivity index (χ1v) is 11.2. The number of aryl methyl sites for hydroxylation is 3. The summed E-state index contributed by atoms with van der Waals surface area (Å²) in [5.41, 5.74) is 3.00. The van der Waals surface area contributed by atoms with E-state index in [-0.39, 0.29) is 4.90 Å². The Morgan fingerprint density at radius 3 is 2.20 bits per heavy atom. The van der Waals surface area contributed by atoms with Crippen molar-refractivity contribution in [3.05, 3.63) is 47.4 Å². The molecule has 10 heteroatoms. The fourth-order valence-corrected chi connectivity index (χ4v) is 4.64. The summed E-state index contributed by atoms with van der Waals surface area (Å²) in [6.45, 7) is 11.1. The summed E-state index contributed by atoms with van der Waals surface area (Å²) in [6, 6.07) is 8.87. The van der Waals surface area contributed by atoms with Crippen LogP contribution in [0.1, 0.15) is 30.9 Å². The van der Waals surface area contributed by atoms with Gasteiger partial charge in [0.15, 0.2) is 0 Å².